The number of halogens is 1. The summed E-state index contributed by atoms with van der Waals surface area (Å²) in [6.07, 6.45) is 1.57. The maximum Gasteiger partial charge on any atom is 0.258 e. The van der Waals surface area contributed by atoms with E-state index in [1.807, 2.05) is 0 Å². The zero-order valence-electron chi connectivity index (χ0n) is 16.2. The fourth-order valence-electron chi connectivity index (χ4n) is 2.85. The van der Waals surface area contributed by atoms with Gasteiger partial charge in [-0.15, -0.1) is 20.4 Å². The number of hydrogen-bond donors (Lipinski definition) is 1. The molecule has 0 fully saturated rings. The second kappa shape index (κ2) is 8.15. The van der Waals surface area contributed by atoms with Gasteiger partial charge < -0.3 is 14.8 Å². The highest BCUT2D eigenvalue weighted by molar-refractivity contribution is 5.96. The Morgan fingerprint density at radius 1 is 1.20 bits per heavy atom. The van der Waals surface area contributed by atoms with Crippen molar-refractivity contribution in [3.05, 3.63) is 54.0 Å². The molecule has 4 aromatic rings. The molecular weight excluding hydrogens is 393 g/mol. The summed E-state index contributed by atoms with van der Waals surface area (Å²) in [6.45, 7) is 0.430. The first-order chi connectivity index (χ1) is 14.5. The Labute approximate surface area is 170 Å². The molecule has 154 valence electrons. The number of fused-ring (bicyclic) bond motifs is 1. The van der Waals surface area contributed by atoms with Crippen molar-refractivity contribution < 1.29 is 18.7 Å². The van der Waals surface area contributed by atoms with Gasteiger partial charge in [0.1, 0.15) is 18.0 Å². The first-order valence-corrected chi connectivity index (χ1v) is 9.02. The standard InChI is InChI=1S/C19H18FN7O3/c1-26-11-14(19(25-26)29-2)18(28)21-8-9-30-16-7-6-15-22-23-17(27(15)24-16)12-4-3-5-13(20)10-12/h3-7,10-11H,8-9H2,1-2H3,(H,21,28). The maximum absolute atomic E-state index is 13.5. The molecule has 0 bridgehead atoms. The van der Waals surface area contributed by atoms with Gasteiger partial charge in [0.05, 0.1) is 13.7 Å². The summed E-state index contributed by atoms with van der Waals surface area (Å²) in [6, 6.07) is 9.35. The van der Waals surface area contributed by atoms with Crippen molar-refractivity contribution in [2.24, 2.45) is 7.05 Å². The van der Waals surface area contributed by atoms with Gasteiger partial charge in [0.2, 0.25) is 11.8 Å². The van der Waals surface area contributed by atoms with Gasteiger partial charge in [0.15, 0.2) is 11.5 Å². The van der Waals surface area contributed by atoms with E-state index >= 15 is 0 Å². The second-order valence-corrected chi connectivity index (χ2v) is 6.31. The van der Waals surface area contributed by atoms with Gasteiger partial charge >= 0.3 is 0 Å². The van der Waals surface area contributed by atoms with Crippen molar-refractivity contribution in [1.82, 2.24) is 34.9 Å². The number of nitrogens with one attached hydrogen (secondary N) is 1. The van der Waals surface area contributed by atoms with Crippen LogP contribution in [0.3, 0.4) is 0 Å². The molecule has 10 nitrogen and oxygen atoms in total. The number of methoxy groups -OCH3 is 1. The van der Waals surface area contributed by atoms with E-state index in [0.29, 0.717) is 28.5 Å². The number of carbonyl (C=O) groups is 1. The molecular formula is C19H18FN7O3. The summed E-state index contributed by atoms with van der Waals surface area (Å²) in [7, 11) is 3.15. The number of ether oxygens (including phenoxy) is 2. The number of aromatic nitrogens is 6. The van der Waals surface area contributed by atoms with Crippen molar-refractivity contribution >= 4 is 11.6 Å². The van der Waals surface area contributed by atoms with Crippen LogP contribution in [0.5, 0.6) is 11.8 Å². The molecule has 0 saturated carbocycles. The molecule has 0 aliphatic heterocycles. The van der Waals surface area contributed by atoms with Crippen LogP contribution in [0.15, 0.2) is 42.6 Å². The number of nitrogens with zero attached hydrogens (tertiary/aromatic N) is 6. The Balaban J connectivity index is 1.41. The van der Waals surface area contributed by atoms with Gasteiger partial charge in [-0.2, -0.15) is 4.52 Å². The summed E-state index contributed by atoms with van der Waals surface area (Å²) in [4.78, 5) is 12.3. The lowest BCUT2D eigenvalue weighted by Crippen LogP contribution is -2.28. The lowest BCUT2D eigenvalue weighted by molar-refractivity contribution is 0.0943. The highest BCUT2D eigenvalue weighted by atomic mass is 19.1. The fourth-order valence-corrected chi connectivity index (χ4v) is 2.85. The lowest BCUT2D eigenvalue weighted by atomic mass is 10.2. The highest BCUT2D eigenvalue weighted by Gasteiger charge is 2.16. The number of carbonyl (C=O) groups excluding carboxylic acids is 1. The Morgan fingerprint density at radius 2 is 2.07 bits per heavy atom. The van der Waals surface area contributed by atoms with Gasteiger partial charge in [-0.25, -0.2) is 4.39 Å². The van der Waals surface area contributed by atoms with Crippen LogP contribution in [0.4, 0.5) is 4.39 Å². The average molecular weight is 411 g/mol. The molecule has 0 atom stereocenters. The molecule has 0 radical (unpaired) electrons. The first kappa shape index (κ1) is 19.3. The number of hydrogen-bond acceptors (Lipinski definition) is 7. The molecule has 30 heavy (non-hydrogen) atoms. The monoisotopic (exact) mass is 411 g/mol. The Hall–Kier alpha value is -4.02. The van der Waals surface area contributed by atoms with E-state index in [4.69, 9.17) is 9.47 Å². The van der Waals surface area contributed by atoms with Crippen molar-refractivity contribution in [1.29, 1.82) is 0 Å². The third-order valence-corrected chi connectivity index (χ3v) is 4.19. The minimum Gasteiger partial charge on any atom is -0.479 e. The van der Waals surface area contributed by atoms with Crippen molar-refractivity contribution in [3.63, 3.8) is 0 Å². The molecule has 11 heteroatoms. The molecule has 0 spiro atoms. The molecule has 0 aliphatic rings. The SMILES string of the molecule is COc1nn(C)cc1C(=O)NCCOc1ccc2nnc(-c3cccc(F)c3)n2n1. The van der Waals surface area contributed by atoms with Crippen LogP contribution >= 0.6 is 0 Å². The summed E-state index contributed by atoms with van der Waals surface area (Å²) < 4.78 is 27.2. The van der Waals surface area contributed by atoms with E-state index in [0.717, 1.165) is 0 Å². The van der Waals surface area contributed by atoms with E-state index in [1.165, 1.54) is 28.4 Å². The quantitative estimate of drug-likeness (QED) is 0.459. The fraction of sp³-hybridized carbons (Fsp3) is 0.211. The molecule has 1 N–H and O–H groups in total. The van der Waals surface area contributed by atoms with Crippen LogP contribution in [0.1, 0.15) is 10.4 Å². The molecule has 1 amide bonds. The van der Waals surface area contributed by atoms with Crippen LogP contribution < -0.4 is 14.8 Å². The predicted molar refractivity (Wildman–Crippen MR) is 104 cm³/mol. The second-order valence-electron chi connectivity index (χ2n) is 6.31. The van der Waals surface area contributed by atoms with Gasteiger partial charge in [-0.1, -0.05) is 12.1 Å². The zero-order valence-corrected chi connectivity index (χ0v) is 16.2. The van der Waals surface area contributed by atoms with Gasteiger partial charge in [0, 0.05) is 24.9 Å². The van der Waals surface area contributed by atoms with E-state index in [2.05, 4.69) is 25.7 Å². The van der Waals surface area contributed by atoms with Gasteiger partial charge in [0.25, 0.3) is 5.91 Å². The molecule has 4 rings (SSSR count). The van der Waals surface area contributed by atoms with Crippen molar-refractivity contribution in [2.45, 2.75) is 0 Å². The summed E-state index contributed by atoms with van der Waals surface area (Å²) in [5.41, 5.74) is 1.38. The molecule has 0 aliphatic carbocycles. The van der Waals surface area contributed by atoms with E-state index in [-0.39, 0.29) is 30.8 Å². The molecule has 0 saturated heterocycles. The van der Waals surface area contributed by atoms with Crippen molar-refractivity contribution in [2.75, 3.05) is 20.3 Å². The highest BCUT2D eigenvalue weighted by Crippen LogP contribution is 2.20. The van der Waals surface area contributed by atoms with Crippen LogP contribution in [0.25, 0.3) is 17.0 Å². The molecule has 0 unspecified atom stereocenters. The van der Waals surface area contributed by atoms with Crippen LogP contribution in [-0.2, 0) is 7.05 Å². The largest absolute Gasteiger partial charge is 0.479 e. The first-order valence-electron chi connectivity index (χ1n) is 9.02. The average Bonchev–Trinajstić information content (AvgIpc) is 3.34. The van der Waals surface area contributed by atoms with E-state index < -0.39 is 0 Å². The minimum atomic E-state index is -0.377. The number of aryl methyl sites for hydroxylation is 1. The topological polar surface area (TPSA) is 108 Å². The molecule has 3 heterocycles. The van der Waals surface area contributed by atoms with E-state index in [9.17, 15) is 9.18 Å². The number of rotatable bonds is 7. The van der Waals surface area contributed by atoms with Gasteiger partial charge in [-0.05, 0) is 18.2 Å². The van der Waals surface area contributed by atoms with Crippen molar-refractivity contribution in [3.8, 4) is 23.1 Å². The minimum absolute atomic E-state index is 0.185. The maximum atomic E-state index is 13.5. The Bertz CT molecular complexity index is 1200. The normalized spacial score (nSPS) is 10.9. The predicted octanol–water partition coefficient (Wildman–Crippen LogP) is 1.48. The van der Waals surface area contributed by atoms with Crippen LogP contribution in [0.2, 0.25) is 0 Å². The summed E-state index contributed by atoms with van der Waals surface area (Å²) in [5, 5.41) is 19.2. The number of benzene rings is 1. The summed E-state index contributed by atoms with van der Waals surface area (Å²) in [5.74, 6) is 0.261. The van der Waals surface area contributed by atoms with E-state index in [1.54, 1.807) is 37.5 Å². The Kier molecular flexibility index (Phi) is 5.24. The lowest BCUT2D eigenvalue weighted by Gasteiger charge is -2.07. The van der Waals surface area contributed by atoms with Crippen LogP contribution in [-0.4, -0.2) is 55.8 Å². The smallest absolute Gasteiger partial charge is 0.258 e. The van der Waals surface area contributed by atoms with Crippen LogP contribution in [0, 0.1) is 5.82 Å². The molecule has 1 aromatic carbocycles. The third kappa shape index (κ3) is 3.90. The third-order valence-electron chi connectivity index (χ3n) is 4.19. The summed E-state index contributed by atoms with van der Waals surface area (Å²) >= 11 is 0. The zero-order chi connectivity index (χ0) is 21.1. The van der Waals surface area contributed by atoms with Gasteiger partial charge in [-0.3, -0.25) is 9.48 Å². The number of amides is 1. The Morgan fingerprint density at radius 3 is 2.87 bits per heavy atom. The molecule has 3 aromatic heterocycles.